The molecular formula is C54H84N12O32S4. The van der Waals surface area contributed by atoms with Crippen LogP contribution in [-0.4, -0.2) is 409 Å². The summed E-state index contributed by atoms with van der Waals surface area (Å²) in [7, 11) is 0. The van der Waals surface area contributed by atoms with E-state index in [1.807, 2.05) is 0 Å². The maximum Gasteiger partial charge on any atom is 0.187 e. The highest BCUT2D eigenvalue weighted by atomic mass is 32.2. The number of aromatic nitrogens is 12. The van der Waals surface area contributed by atoms with Gasteiger partial charge in [-0.15, -0.1) is 67.4 Å². The fourth-order valence-electron chi connectivity index (χ4n) is 12.3. The van der Waals surface area contributed by atoms with Crippen LogP contribution in [0.3, 0.4) is 0 Å². The summed E-state index contributed by atoms with van der Waals surface area (Å²) in [6, 6.07) is 0. The van der Waals surface area contributed by atoms with Gasteiger partial charge in [-0.25, -0.2) is 18.7 Å². The SMILES string of the molecule is OC[C@H]1O[C@@H](SCc2cn(C[C@H]3O[C@H](O[C@H]4[C@H](O)[C@@H](O)[C@@H](O[C@H]5[C@H](O)[C@@H](O)[C@H](n6cc(CS[C@@H]7O[C@H](CO)[C@H](O)[C@H](O)[C@H]7O)nn6)O[C@@H]5Cn5cc(CS[C@@H]6O[C@H](CO)[C@H](O)[C@H](O)[C@H]6O)nn5)O[C@@H]4Cn4cc(CS[C@@H]5O[C@H](CO)[C@H](O)[C@H](O)[C@H]5O)nn4)[C@H](O)[C@@H](O)[C@@H]3O)nn2)[C@H](O)[C@@H](O)[C@H]1O. The van der Waals surface area contributed by atoms with E-state index in [1.165, 1.54) is 38.8 Å². The first-order valence-electron chi connectivity index (χ1n) is 32.0. The average Bonchev–Trinajstić information content (AvgIpc) is 1.23. The van der Waals surface area contributed by atoms with E-state index in [0.717, 1.165) is 51.7 Å². The lowest BCUT2D eigenvalue weighted by atomic mass is 9.95. The van der Waals surface area contributed by atoms with Crippen molar-refractivity contribution < 1.29 is 160 Å². The van der Waals surface area contributed by atoms with E-state index >= 15 is 0 Å². The molecule has 11 heterocycles. The van der Waals surface area contributed by atoms with Gasteiger partial charge in [0.05, 0.1) is 75.0 Å². The first-order valence-corrected chi connectivity index (χ1v) is 36.2. The number of aliphatic hydroxyl groups is 23. The highest BCUT2D eigenvalue weighted by Gasteiger charge is 2.56. The van der Waals surface area contributed by atoms with Crippen LogP contribution in [0.15, 0.2) is 24.8 Å². The van der Waals surface area contributed by atoms with Crippen LogP contribution in [0.25, 0.3) is 0 Å². The van der Waals surface area contributed by atoms with Gasteiger partial charge in [0.25, 0.3) is 0 Å². The number of ether oxygens (including phenoxy) is 9. The molecule has 44 nitrogen and oxygen atoms in total. The highest BCUT2D eigenvalue weighted by molar-refractivity contribution is 7.99. The van der Waals surface area contributed by atoms with Crippen LogP contribution in [0.1, 0.15) is 29.0 Å². The van der Waals surface area contributed by atoms with Crippen molar-refractivity contribution >= 4 is 47.0 Å². The molecule has 0 spiro atoms. The summed E-state index contributed by atoms with van der Waals surface area (Å²) in [5.41, 5.74) is -3.82. The monoisotopic (exact) mass is 1540 g/mol. The van der Waals surface area contributed by atoms with E-state index in [9.17, 15) is 117 Å². The molecule has 0 bridgehead atoms. The normalized spacial score (nSPS) is 43.7. The van der Waals surface area contributed by atoms with Crippen LogP contribution in [-0.2, 0) is 85.3 Å². The van der Waals surface area contributed by atoms with Crippen molar-refractivity contribution in [3.05, 3.63) is 47.6 Å². The molecule has 0 unspecified atom stereocenters. The molecule has 102 heavy (non-hydrogen) atoms. The smallest absolute Gasteiger partial charge is 0.187 e. The number of aliphatic hydroxyl groups excluding tert-OH is 23. The average molecular weight is 1540 g/mol. The van der Waals surface area contributed by atoms with Crippen molar-refractivity contribution in [3.63, 3.8) is 0 Å². The molecule has 35 atom stereocenters. The predicted molar refractivity (Wildman–Crippen MR) is 333 cm³/mol. The predicted octanol–water partition coefficient (Wildman–Crippen LogP) is -14.1. The van der Waals surface area contributed by atoms with Gasteiger partial charge in [0.2, 0.25) is 0 Å². The van der Waals surface area contributed by atoms with E-state index < -0.39 is 258 Å². The number of hydrogen-bond donors (Lipinski definition) is 23. The summed E-state index contributed by atoms with van der Waals surface area (Å²) >= 11 is 3.70. The lowest BCUT2D eigenvalue weighted by molar-refractivity contribution is -0.373. The van der Waals surface area contributed by atoms with Crippen molar-refractivity contribution in [2.45, 2.75) is 254 Å². The standard InChI is InChI=1S/C54H84N12O32S4/c67-8-23-28(72)33(77)42(86)51(93-23)99-12-16-1-63(59-55-16)5-20-27(71)32(76)40(84)49(91-20)98-47-22(7-65-3-18(57-61-65)14-101-53-44(88)35(79)30(74)25(10-69)95-53)92-50(41(85)38(47)82)97-46-21(6-64-2-17(56-60-64)13-100-52-43(87)34(78)29(73)24(9-68)94-52)90-48(39(83)37(46)81)66-4-19(58-62-66)15-102-54-45(89)36(80)31(75)26(11-70)96-54/h1-4,20-54,67-89H,5-15H2/t20-,21-,22-,23-,24-,25-,26-,27-,28+,29+,30+,31+,32+,33+,34+,35+,36+,37-,38-,39-,40-,41-,42-,43-,44-,45-,46-,47-,48-,49-,50-,51+,52+,53+,54+/m1/s1. The Labute approximate surface area is 592 Å². The van der Waals surface area contributed by atoms with Crippen LogP contribution < -0.4 is 0 Å². The highest BCUT2D eigenvalue weighted by Crippen LogP contribution is 2.39. The van der Waals surface area contributed by atoms with Gasteiger partial charge in [-0.05, 0) is 0 Å². The lowest BCUT2D eigenvalue weighted by Crippen LogP contribution is -2.66. The van der Waals surface area contributed by atoms with E-state index in [4.69, 9.17) is 42.6 Å². The largest absolute Gasteiger partial charge is 0.394 e. The molecule has 7 aliphatic heterocycles. The second-order valence-electron chi connectivity index (χ2n) is 25.3. The minimum Gasteiger partial charge on any atom is -0.394 e. The molecule has 7 saturated heterocycles. The third-order valence-corrected chi connectivity index (χ3v) is 22.9. The zero-order chi connectivity index (χ0) is 73.3. The zero-order valence-electron chi connectivity index (χ0n) is 53.3. The Bertz CT molecular complexity index is 3250. The fourth-order valence-corrected chi connectivity index (χ4v) is 16.5. The molecule has 0 radical (unpaired) electrons. The summed E-state index contributed by atoms with van der Waals surface area (Å²) in [4.78, 5) is 0. The molecular weight excluding hydrogens is 1460 g/mol. The van der Waals surface area contributed by atoms with Gasteiger partial charge in [0.15, 0.2) is 18.8 Å². The fraction of sp³-hybridized carbons (Fsp3) is 0.852. The van der Waals surface area contributed by atoms with E-state index in [2.05, 4.69) is 41.2 Å². The molecule has 48 heteroatoms. The molecule has 0 saturated carbocycles. The van der Waals surface area contributed by atoms with Crippen LogP contribution in [0.5, 0.6) is 0 Å². The van der Waals surface area contributed by atoms with Crippen molar-refractivity contribution in [2.75, 3.05) is 26.4 Å². The second kappa shape index (κ2) is 34.9. The molecule has 11 rings (SSSR count). The minimum absolute atomic E-state index is 0.0111. The summed E-state index contributed by atoms with van der Waals surface area (Å²) in [6.45, 7) is -4.05. The van der Waals surface area contributed by atoms with Gasteiger partial charge >= 0.3 is 0 Å². The Morgan fingerprint density at radius 2 is 0.578 bits per heavy atom. The van der Waals surface area contributed by atoms with Gasteiger partial charge in [-0.2, -0.15) is 0 Å². The van der Waals surface area contributed by atoms with Gasteiger partial charge in [-0.1, -0.05) is 20.9 Å². The van der Waals surface area contributed by atoms with Gasteiger partial charge in [0.1, 0.15) is 193 Å². The molecule has 576 valence electrons. The second-order valence-corrected chi connectivity index (χ2v) is 29.7. The van der Waals surface area contributed by atoms with Gasteiger partial charge in [0, 0.05) is 41.6 Å². The Morgan fingerprint density at radius 3 is 0.941 bits per heavy atom. The van der Waals surface area contributed by atoms with Gasteiger partial charge in [-0.3, -0.25) is 0 Å². The van der Waals surface area contributed by atoms with Gasteiger partial charge < -0.3 is 160 Å². The van der Waals surface area contributed by atoms with E-state index in [1.54, 1.807) is 0 Å². The zero-order valence-corrected chi connectivity index (χ0v) is 56.5. The number of nitrogens with zero attached hydrogens (tertiary/aromatic N) is 12. The number of hydrogen-bond acceptors (Lipinski definition) is 44. The summed E-state index contributed by atoms with van der Waals surface area (Å²) in [5, 5.41) is 280. The van der Waals surface area contributed by atoms with Crippen LogP contribution in [0.2, 0.25) is 0 Å². The molecule has 7 fully saturated rings. The molecule has 0 amide bonds. The maximum atomic E-state index is 12.3. The Morgan fingerprint density at radius 1 is 0.294 bits per heavy atom. The maximum absolute atomic E-state index is 12.3. The quantitative estimate of drug-likeness (QED) is 0.0264. The molecule has 4 aromatic heterocycles. The number of thioether (sulfide) groups is 4. The van der Waals surface area contributed by atoms with Crippen LogP contribution in [0, 0.1) is 0 Å². The molecule has 0 aliphatic carbocycles. The third kappa shape index (κ3) is 17.5. The Hall–Kier alpha value is -3.32. The van der Waals surface area contributed by atoms with Crippen molar-refractivity contribution in [2.24, 2.45) is 0 Å². The van der Waals surface area contributed by atoms with E-state index in [-0.39, 0.29) is 45.8 Å². The van der Waals surface area contributed by atoms with Crippen LogP contribution in [0.4, 0.5) is 0 Å². The third-order valence-electron chi connectivity index (χ3n) is 18.2. The molecule has 4 aromatic rings. The Kier molecular flexibility index (Phi) is 27.3. The first-order chi connectivity index (χ1) is 48.7. The van der Waals surface area contributed by atoms with E-state index in [0.29, 0.717) is 0 Å². The summed E-state index contributed by atoms with van der Waals surface area (Å²) in [6.07, 6.45) is -47.2. The first kappa shape index (κ1) is 79.7. The van der Waals surface area contributed by atoms with Crippen LogP contribution >= 0.6 is 47.0 Å². The lowest BCUT2D eigenvalue weighted by Gasteiger charge is -2.48. The summed E-state index contributed by atoms with van der Waals surface area (Å²) in [5.74, 6) is -0.238. The van der Waals surface area contributed by atoms with Crippen molar-refractivity contribution in [1.82, 2.24) is 60.0 Å². The topological polar surface area (TPSA) is 671 Å². The molecule has 0 aromatic carbocycles. The molecule has 23 N–H and O–H groups in total. The minimum atomic E-state index is -2.21. The van der Waals surface area contributed by atoms with Crippen molar-refractivity contribution in [3.8, 4) is 0 Å². The van der Waals surface area contributed by atoms with Crippen molar-refractivity contribution in [1.29, 1.82) is 0 Å². The molecule has 7 aliphatic rings. The Balaban J connectivity index is 0.834. The summed E-state index contributed by atoms with van der Waals surface area (Å²) < 4.78 is 58.5. The number of rotatable bonds is 27.